The van der Waals surface area contributed by atoms with Gasteiger partial charge in [-0.05, 0) is 40.7 Å². The van der Waals surface area contributed by atoms with E-state index in [0.29, 0.717) is 5.56 Å². The van der Waals surface area contributed by atoms with Crippen molar-refractivity contribution in [1.29, 1.82) is 0 Å². The minimum atomic E-state index is -1.54. The molecule has 0 aliphatic rings. The summed E-state index contributed by atoms with van der Waals surface area (Å²) in [6, 6.07) is 3.27. The molecule has 0 saturated heterocycles. The molecule has 1 aromatic heterocycles. The number of likely N-dealkylation sites (N-methyl/N-ethyl adjacent to an activating group) is 1. The highest BCUT2D eigenvalue weighted by atomic mass is 16.6. The van der Waals surface area contributed by atoms with E-state index in [9.17, 15) is 14.7 Å². The van der Waals surface area contributed by atoms with Gasteiger partial charge in [-0.1, -0.05) is 6.07 Å². The van der Waals surface area contributed by atoms with E-state index >= 15 is 0 Å². The van der Waals surface area contributed by atoms with Gasteiger partial charge in [-0.2, -0.15) is 0 Å². The summed E-state index contributed by atoms with van der Waals surface area (Å²) in [4.78, 5) is 29.3. The van der Waals surface area contributed by atoms with Gasteiger partial charge in [0.15, 0.2) is 5.54 Å². The molecule has 0 saturated carbocycles. The third-order valence-electron chi connectivity index (χ3n) is 3.11. The number of hydrogen-bond acceptors (Lipinski definition) is 4. The fourth-order valence-electron chi connectivity index (χ4n) is 1.99. The van der Waals surface area contributed by atoms with E-state index in [1.807, 2.05) is 0 Å². The lowest BCUT2D eigenvalue weighted by Gasteiger charge is -2.38. The van der Waals surface area contributed by atoms with Crippen molar-refractivity contribution in [2.24, 2.45) is 0 Å². The van der Waals surface area contributed by atoms with Gasteiger partial charge < -0.3 is 9.84 Å². The van der Waals surface area contributed by atoms with Crippen LogP contribution in [0, 0.1) is 0 Å². The van der Waals surface area contributed by atoms with Gasteiger partial charge in [0.2, 0.25) is 0 Å². The van der Waals surface area contributed by atoms with Crippen molar-refractivity contribution < 1.29 is 19.4 Å². The molecule has 1 aromatic rings. The van der Waals surface area contributed by atoms with Crippen LogP contribution in [0.4, 0.5) is 4.79 Å². The second-order valence-electron chi connectivity index (χ2n) is 5.84. The summed E-state index contributed by atoms with van der Waals surface area (Å²) in [6.07, 6.45) is 2.33. The van der Waals surface area contributed by atoms with E-state index < -0.39 is 23.2 Å². The lowest BCUT2D eigenvalue weighted by atomic mass is 9.91. The predicted molar refractivity (Wildman–Crippen MR) is 77.8 cm³/mol. The maximum absolute atomic E-state index is 12.3. The standard InChI is InChI=1S/C15H22N2O4/c1-6-17(13(20)21-14(2,3)4)15(5,12(18)19)11-8-7-9-16-10-11/h7-10H,6H2,1-5H3,(H,18,19). The molecule has 1 rings (SSSR count). The second-order valence-corrected chi connectivity index (χ2v) is 5.84. The highest BCUT2D eigenvalue weighted by molar-refractivity contribution is 5.85. The van der Waals surface area contributed by atoms with Gasteiger partial charge in [-0.3, -0.25) is 9.88 Å². The highest BCUT2D eigenvalue weighted by Gasteiger charge is 2.45. The Hall–Kier alpha value is -2.11. The van der Waals surface area contributed by atoms with Crippen molar-refractivity contribution >= 4 is 12.1 Å². The van der Waals surface area contributed by atoms with E-state index in [0.717, 1.165) is 0 Å². The number of carbonyl (C=O) groups excluding carboxylic acids is 1. The molecule has 1 N–H and O–H groups in total. The first kappa shape index (κ1) is 16.9. The van der Waals surface area contributed by atoms with Gasteiger partial charge in [-0.15, -0.1) is 0 Å². The summed E-state index contributed by atoms with van der Waals surface area (Å²) < 4.78 is 5.31. The van der Waals surface area contributed by atoms with Crippen molar-refractivity contribution in [2.45, 2.75) is 45.8 Å². The van der Waals surface area contributed by atoms with E-state index in [-0.39, 0.29) is 6.54 Å². The van der Waals surface area contributed by atoms with Crippen molar-refractivity contribution in [3.8, 4) is 0 Å². The number of ether oxygens (including phenoxy) is 1. The monoisotopic (exact) mass is 294 g/mol. The Morgan fingerprint density at radius 3 is 2.33 bits per heavy atom. The minimum absolute atomic E-state index is 0.201. The Morgan fingerprint density at radius 1 is 1.33 bits per heavy atom. The lowest BCUT2D eigenvalue weighted by Crippen LogP contribution is -2.53. The van der Waals surface area contributed by atoms with Crippen LogP contribution in [0.1, 0.15) is 40.2 Å². The first-order valence-electron chi connectivity index (χ1n) is 6.77. The Kier molecular flexibility index (Phi) is 4.93. The van der Waals surface area contributed by atoms with Crippen LogP contribution < -0.4 is 0 Å². The number of rotatable bonds is 4. The first-order valence-corrected chi connectivity index (χ1v) is 6.77. The van der Waals surface area contributed by atoms with Gasteiger partial charge >= 0.3 is 12.1 Å². The molecular weight excluding hydrogens is 272 g/mol. The molecule has 0 aliphatic heterocycles. The lowest BCUT2D eigenvalue weighted by molar-refractivity contribution is -0.150. The predicted octanol–water partition coefficient (Wildman–Crippen LogP) is 2.64. The number of aromatic nitrogens is 1. The number of amides is 1. The summed E-state index contributed by atoms with van der Waals surface area (Å²) in [5, 5.41) is 9.66. The van der Waals surface area contributed by atoms with Crippen molar-refractivity contribution in [3.63, 3.8) is 0 Å². The number of carboxylic acids is 1. The van der Waals surface area contributed by atoms with Crippen LogP contribution in [0.3, 0.4) is 0 Å². The van der Waals surface area contributed by atoms with E-state index in [1.54, 1.807) is 46.0 Å². The summed E-state index contributed by atoms with van der Waals surface area (Å²) in [6.45, 7) is 8.59. The number of pyridine rings is 1. The zero-order chi connectivity index (χ0) is 16.3. The third kappa shape index (κ3) is 3.71. The Labute approximate surface area is 124 Å². The topological polar surface area (TPSA) is 79.7 Å². The quantitative estimate of drug-likeness (QED) is 0.923. The molecule has 0 fully saturated rings. The van der Waals surface area contributed by atoms with E-state index in [2.05, 4.69) is 4.98 Å². The second kappa shape index (κ2) is 6.11. The molecule has 1 heterocycles. The van der Waals surface area contributed by atoms with E-state index in [1.165, 1.54) is 18.0 Å². The fourth-order valence-corrected chi connectivity index (χ4v) is 1.99. The van der Waals surface area contributed by atoms with Crippen LogP contribution in [0.2, 0.25) is 0 Å². The summed E-state index contributed by atoms with van der Waals surface area (Å²) in [5.74, 6) is -1.14. The van der Waals surface area contributed by atoms with Gasteiger partial charge in [0.05, 0.1) is 0 Å². The Morgan fingerprint density at radius 2 is 1.95 bits per heavy atom. The molecule has 116 valence electrons. The average Bonchev–Trinajstić information content (AvgIpc) is 2.37. The number of aliphatic carboxylic acids is 1. The molecule has 1 unspecified atom stereocenters. The molecule has 0 aromatic carbocycles. The summed E-state index contributed by atoms with van der Waals surface area (Å²) in [5.41, 5.74) is -1.81. The fraction of sp³-hybridized carbons (Fsp3) is 0.533. The van der Waals surface area contributed by atoms with Crippen LogP contribution >= 0.6 is 0 Å². The number of carbonyl (C=O) groups is 2. The molecule has 0 spiro atoms. The number of carboxylic acid groups (broad SMARTS) is 1. The SMILES string of the molecule is CCN(C(=O)OC(C)(C)C)C(C)(C(=O)O)c1cccnc1. The van der Waals surface area contributed by atoms with Gasteiger partial charge in [0, 0.05) is 24.5 Å². The average molecular weight is 294 g/mol. The summed E-state index contributed by atoms with van der Waals surface area (Å²) >= 11 is 0. The molecule has 21 heavy (non-hydrogen) atoms. The first-order chi connectivity index (χ1) is 9.63. The maximum Gasteiger partial charge on any atom is 0.411 e. The van der Waals surface area contributed by atoms with Crippen molar-refractivity contribution in [1.82, 2.24) is 9.88 Å². The number of hydrogen-bond donors (Lipinski definition) is 1. The molecule has 0 bridgehead atoms. The molecule has 1 amide bonds. The smallest absolute Gasteiger partial charge is 0.411 e. The van der Waals surface area contributed by atoms with E-state index in [4.69, 9.17) is 4.74 Å². The Bertz CT molecular complexity index is 510. The molecule has 1 atom stereocenters. The van der Waals surface area contributed by atoms with Crippen LogP contribution in [0.15, 0.2) is 24.5 Å². The van der Waals surface area contributed by atoms with Crippen LogP contribution in [0.25, 0.3) is 0 Å². The highest BCUT2D eigenvalue weighted by Crippen LogP contribution is 2.29. The summed E-state index contributed by atoms with van der Waals surface area (Å²) in [7, 11) is 0. The van der Waals surface area contributed by atoms with Crippen LogP contribution in [-0.2, 0) is 15.1 Å². The molecule has 0 radical (unpaired) electrons. The van der Waals surface area contributed by atoms with Crippen LogP contribution in [0.5, 0.6) is 0 Å². The largest absolute Gasteiger partial charge is 0.479 e. The maximum atomic E-state index is 12.3. The van der Waals surface area contributed by atoms with Gasteiger partial charge in [0.1, 0.15) is 5.60 Å². The third-order valence-corrected chi connectivity index (χ3v) is 3.11. The zero-order valence-electron chi connectivity index (χ0n) is 13.1. The van der Waals surface area contributed by atoms with Gasteiger partial charge in [-0.25, -0.2) is 9.59 Å². The van der Waals surface area contributed by atoms with Crippen molar-refractivity contribution in [2.75, 3.05) is 6.54 Å². The zero-order valence-corrected chi connectivity index (χ0v) is 13.1. The molecule has 6 heteroatoms. The minimum Gasteiger partial charge on any atom is -0.479 e. The molecular formula is C15H22N2O4. The normalized spacial score (nSPS) is 14.1. The van der Waals surface area contributed by atoms with Crippen LogP contribution in [-0.4, -0.2) is 39.2 Å². The Balaban J connectivity index is 3.25. The van der Waals surface area contributed by atoms with Crippen molar-refractivity contribution in [3.05, 3.63) is 30.1 Å². The molecule has 6 nitrogen and oxygen atoms in total. The molecule has 0 aliphatic carbocycles. The number of nitrogens with zero attached hydrogens (tertiary/aromatic N) is 2. The van der Waals surface area contributed by atoms with Gasteiger partial charge in [0.25, 0.3) is 0 Å².